The molecule has 2 aromatic rings. The van der Waals surface area contributed by atoms with Crippen LogP contribution in [0.3, 0.4) is 0 Å². The lowest BCUT2D eigenvalue weighted by molar-refractivity contribution is -0.135. The monoisotopic (exact) mass is 478 g/mol. The number of carbonyl (C=O) groups is 3. The van der Waals surface area contributed by atoms with Crippen molar-refractivity contribution in [2.24, 2.45) is 11.8 Å². The van der Waals surface area contributed by atoms with Crippen molar-refractivity contribution in [3.8, 4) is 0 Å². The number of hydrogen-bond acceptors (Lipinski definition) is 5. The van der Waals surface area contributed by atoms with Crippen LogP contribution in [0.1, 0.15) is 38.3 Å². The summed E-state index contributed by atoms with van der Waals surface area (Å²) in [5.74, 6) is -0.761. The van der Waals surface area contributed by atoms with Crippen molar-refractivity contribution in [2.75, 3.05) is 19.7 Å². The van der Waals surface area contributed by atoms with Crippen molar-refractivity contribution in [3.63, 3.8) is 0 Å². The molecule has 4 rings (SSSR count). The number of hydrogen-bond donors (Lipinski definition) is 0. The SMILES string of the molecule is CC(C)(C)OC(=O)N1CC[C@H]([C@H](Cc2ccccc2)C(=O)N2C(=O)OC[C@@H]2Cc2ccccc2)C1. The Morgan fingerprint density at radius 3 is 2.29 bits per heavy atom. The first-order valence-corrected chi connectivity index (χ1v) is 12.3. The van der Waals surface area contributed by atoms with Gasteiger partial charge in [0.05, 0.1) is 6.04 Å². The molecule has 0 radical (unpaired) electrons. The molecule has 0 bridgehead atoms. The molecular weight excluding hydrogens is 444 g/mol. The molecular formula is C28H34N2O5. The average Bonchev–Trinajstić information content (AvgIpc) is 3.45. The van der Waals surface area contributed by atoms with Crippen molar-refractivity contribution < 1.29 is 23.9 Å². The summed E-state index contributed by atoms with van der Waals surface area (Å²) in [5.41, 5.74) is 1.48. The van der Waals surface area contributed by atoms with Crippen LogP contribution >= 0.6 is 0 Å². The Kier molecular flexibility index (Phi) is 7.43. The predicted octanol–water partition coefficient (Wildman–Crippen LogP) is 4.69. The van der Waals surface area contributed by atoms with E-state index in [0.717, 1.165) is 11.1 Å². The van der Waals surface area contributed by atoms with E-state index in [0.29, 0.717) is 32.4 Å². The van der Waals surface area contributed by atoms with Crippen LogP contribution in [0, 0.1) is 11.8 Å². The Balaban J connectivity index is 1.54. The molecule has 2 aromatic carbocycles. The maximum atomic E-state index is 13.9. The smallest absolute Gasteiger partial charge is 0.416 e. The molecule has 0 spiro atoms. The number of rotatable bonds is 6. The summed E-state index contributed by atoms with van der Waals surface area (Å²) >= 11 is 0. The average molecular weight is 479 g/mol. The number of ether oxygens (including phenoxy) is 2. The van der Waals surface area contributed by atoms with Crippen molar-refractivity contribution in [2.45, 2.75) is 51.7 Å². The van der Waals surface area contributed by atoms with Crippen LogP contribution in [0.25, 0.3) is 0 Å². The van der Waals surface area contributed by atoms with Gasteiger partial charge in [0.15, 0.2) is 0 Å². The lowest BCUT2D eigenvalue weighted by Crippen LogP contribution is -2.46. The first-order valence-electron chi connectivity index (χ1n) is 12.3. The third-order valence-electron chi connectivity index (χ3n) is 6.57. The number of amides is 3. The molecule has 0 unspecified atom stereocenters. The van der Waals surface area contributed by atoms with Crippen LogP contribution in [0.5, 0.6) is 0 Å². The van der Waals surface area contributed by atoms with Gasteiger partial charge in [-0.15, -0.1) is 0 Å². The van der Waals surface area contributed by atoms with Crippen molar-refractivity contribution in [1.82, 2.24) is 9.80 Å². The van der Waals surface area contributed by atoms with Crippen LogP contribution < -0.4 is 0 Å². The second kappa shape index (κ2) is 10.5. The van der Waals surface area contributed by atoms with Crippen LogP contribution in [-0.2, 0) is 27.1 Å². The molecule has 0 aliphatic carbocycles. The Morgan fingerprint density at radius 1 is 1.03 bits per heavy atom. The normalized spacial score (nSPS) is 21.1. The van der Waals surface area contributed by atoms with Gasteiger partial charge in [0.2, 0.25) is 5.91 Å². The topological polar surface area (TPSA) is 76.2 Å². The minimum atomic E-state index is -0.587. The van der Waals surface area contributed by atoms with Crippen LogP contribution in [-0.4, -0.2) is 59.2 Å². The van der Waals surface area contributed by atoms with Gasteiger partial charge in [-0.1, -0.05) is 60.7 Å². The summed E-state index contributed by atoms with van der Waals surface area (Å²) in [6.07, 6.45) is 0.762. The van der Waals surface area contributed by atoms with Gasteiger partial charge < -0.3 is 14.4 Å². The molecule has 0 aromatic heterocycles. The van der Waals surface area contributed by atoms with Gasteiger partial charge in [0.1, 0.15) is 12.2 Å². The van der Waals surface area contributed by atoms with E-state index < -0.39 is 17.6 Å². The van der Waals surface area contributed by atoms with E-state index in [4.69, 9.17) is 9.47 Å². The molecule has 0 saturated carbocycles. The first-order chi connectivity index (χ1) is 16.7. The lowest BCUT2D eigenvalue weighted by Gasteiger charge is -2.29. The third kappa shape index (κ3) is 6.21. The summed E-state index contributed by atoms with van der Waals surface area (Å²) in [6.45, 7) is 6.65. The molecule has 3 atom stereocenters. The van der Waals surface area contributed by atoms with E-state index in [1.54, 1.807) is 4.90 Å². The van der Waals surface area contributed by atoms with Crippen LogP contribution in [0.4, 0.5) is 9.59 Å². The molecule has 2 fully saturated rings. The number of carbonyl (C=O) groups excluding carboxylic acids is 3. The highest BCUT2D eigenvalue weighted by atomic mass is 16.6. The number of imide groups is 1. The van der Waals surface area contributed by atoms with Gasteiger partial charge in [-0.05, 0) is 57.1 Å². The second-order valence-corrected chi connectivity index (χ2v) is 10.4. The van der Waals surface area contributed by atoms with E-state index in [2.05, 4.69) is 0 Å². The van der Waals surface area contributed by atoms with E-state index in [1.807, 2.05) is 81.4 Å². The molecule has 0 N–H and O–H groups in total. The largest absolute Gasteiger partial charge is 0.447 e. The molecule has 2 saturated heterocycles. The van der Waals surface area contributed by atoms with Gasteiger partial charge in [-0.3, -0.25) is 4.79 Å². The Morgan fingerprint density at radius 2 is 1.66 bits per heavy atom. The fourth-order valence-corrected chi connectivity index (χ4v) is 4.88. The number of nitrogens with zero attached hydrogens (tertiary/aromatic N) is 2. The highest BCUT2D eigenvalue weighted by molar-refractivity contribution is 5.95. The summed E-state index contributed by atoms with van der Waals surface area (Å²) in [6, 6.07) is 19.3. The van der Waals surface area contributed by atoms with Gasteiger partial charge in [0.25, 0.3) is 0 Å². The molecule has 186 valence electrons. The zero-order chi connectivity index (χ0) is 25.0. The molecule has 2 aliphatic rings. The van der Waals surface area contributed by atoms with Gasteiger partial charge >= 0.3 is 12.2 Å². The fraction of sp³-hybridized carbons (Fsp3) is 0.464. The summed E-state index contributed by atoms with van der Waals surface area (Å²) < 4.78 is 10.9. The molecule has 35 heavy (non-hydrogen) atoms. The van der Waals surface area contributed by atoms with Crippen molar-refractivity contribution in [3.05, 3.63) is 71.8 Å². The fourth-order valence-electron chi connectivity index (χ4n) is 4.88. The Hall–Kier alpha value is -3.35. The predicted molar refractivity (Wildman–Crippen MR) is 132 cm³/mol. The van der Waals surface area contributed by atoms with E-state index in [-0.39, 0.29) is 30.6 Å². The Labute approximate surface area is 207 Å². The Bertz CT molecular complexity index is 1030. The highest BCUT2D eigenvalue weighted by Gasteiger charge is 2.45. The third-order valence-corrected chi connectivity index (χ3v) is 6.57. The van der Waals surface area contributed by atoms with Crippen LogP contribution in [0.15, 0.2) is 60.7 Å². The van der Waals surface area contributed by atoms with Crippen molar-refractivity contribution >= 4 is 18.1 Å². The lowest BCUT2D eigenvalue weighted by atomic mass is 9.84. The van der Waals surface area contributed by atoms with Gasteiger partial charge in [-0.2, -0.15) is 0 Å². The van der Waals surface area contributed by atoms with Gasteiger partial charge in [0, 0.05) is 19.0 Å². The summed E-state index contributed by atoms with van der Waals surface area (Å²) in [4.78, 5) is 42.3. The quantitative estimate of drug-likeness (QED) is 0.602. The number of likely N-dealkylation sites (tertiary alicyclic amines) is 1. The maximum absolute atomic E-state index is 13.9. The molecule has 3 amide bonds. The molecule has 2 heterocycles. The summed E-state index contributed by atoms with van der Waals surface area (Å²) in [5, 5.41) is 0. The molecule has 7 nitrogen and oxygen atoms in total. The second-order valence-electron chi connectivity index (χ2n) is 10.4. The van der Waals surface area contributed by atoms with Crippen molar-refractivity contribution in [1.29, 1.82) is 0 Å². The minimum absolute atomic E-state index is 0.0824. The number of cyclic esters (lactones) is 1. The zero-order valence-corrected chi connectivity index (χ0v) is 20.7. The number of benzene rings is 2. The molecule has 2 aliphatic heterocycles. The highest BCUT2D eigenvalue weighted by Crippen LogP contribution is 2.32. The zero-order valence-electron chi connectivity index (χ0n) is 20.7. The maximum Gasteiger partial charge on any atom is 0.416 e. The van der Waals surface area contributed by atoms with E-state index in [9.17, 15) is 14.4 Å². The minimum Gasteiger partial charge on any atom is -0.447 e. The van der Waals surface area contributed by atoms with Gasteiger partial charge in [-0.25, -0.2) is 14.5 Å². The standard InChI is InChI=1S/C28H34N2O5/c1-28(2,3)35-26(32)29-15-14-22(18-29)24(17-21-12-8-5-9-13-21)25(31)30-23(19-34-27(30)33)16-20-10-6-4-7-11-20/h4-13,22-24H,14-19H2,1-3H3/t22-,23-,24-/m0/s1. The molecule has 7 heteroatoms. The summed E-state index contributed by atoms with van der Waals surface area (Å²) in [7, 11) is 0. The first kappa shape index (κ1) is 24.8. The van der Waals surface area contributed by atoms with Crippen LogP contribution in [0.2, 0.25) is 0 Å². The van der Waals surface area contributed by atoms with E-state index in [1.165, 1.54) is 4.90 Å². The van der Waals surface area contributed by atoms with E-state index >= 15 is 0 Å².